The fourth-order valence-corrected chi connectivity index (χ4v) is 2.03. The summed E-state index contributed by atoms with van der Waals surface area (Å²) in [5, 5.41) is 9.45. The quantitative estimate of drug-likeness (QED) is 0.739. The number of aliphatic hydroxyl groups excluding tert-OH is 1. The van der Waals surface area contributed by atoms with Gasteiger partial charge in [0.05, 0.1) is 13.2 Å². The van der Waals surface area contributed by atoms with E-state index in [0.717, 1.165) is 37.4 Å². The number of aliphatic hydroxyl groups is 1. The van der Waals surface area contributed by atoms with Gasteiger partial charge in [0.15, 0.2) is 0 Å². The van der Waals surface area contributed by atoms with E-state index in [1.165, 1.54) is 0 Å². The fraction of sp³-hybridized carbons (Fsp3) is 0.500. The lowest BCUT2D eigenvalue weighted by Crippen LogP contribution is -2.35. The third-order valence-electron chi connectivity index (χ3n) is 2.98. The van der Waals surface area contributed by atoms with E-state index in [-0.39, 0.29) is 6.10 Å². The van der Waals surface area contributed by atoms with Gasteiger partial charge in [-0.2, -0.15) is 0 Å². The first-order chi connectivity index (χ1) is 7.69. The van der Waals surface area contributed by atoms with Gasteiger partial charge in [0.25, 0.3) is 0 Å². The zero-order valence-corrected chi connectivity index (χ0v) is 9.52. The number of nitrogens with zero attached hydrogens (tertiary/aromatic N) is 1. The van der Waals surface area contributed by atoms with Crippen LogP contribution in [0.15, 0.2) is 18.2 Å². The van der Waals surface area contributed by atoms with Crippen LogP contribution in [0.1, 0.15) is 12.8 Å². The molecule has 1 aromatic carbocycles. The second-order valence-corrected chi connectivity index (χ2v) is 4.18. The largest absolute Gasteiger partial charge is 0.497 e. The van der Waals surface area contributed by atoms with E-state index in [1.807, 2.05) is 18.2 Å². The van der Waals surface area contributed by atoms with Crippen LogP contribution in [0.5, 0.6) is 5.75 Å². The molecule has 2 rings (SSSR count). The van der Waals surface area contributed by atoms with E-state index in [2.05, 4.69) is 4.90 Å². The van der Waals surface area contributed by atoms with Crippen LogP contribution in [0.4, 0.5) is 11.4 Å². The molecule has 1 aromatic rings. The molecule has 0 aliphatic carbocycles. The van der Waals surface area contributed by atoms with Gasteiger partial charge in [-0.05, 0) is 18.9 Å². The molecule has 0 amide bonds. The van der Waals surface area contributed by atoms with E-state index < -0.39 is 0 Å². The van der Waals surface area contributed by atoms with Gasteiger partial charge >= 0.3 is 0 Å². The van der Waals surface area contributed by atoms with E-state index >= 15 is 0 Å². The van der Waals surface area contributed by atoms with Crippen molar-refractivity contribution >= 4 is 11.4 Å². The number of rotatable bonds is 2. The molecule has 0 saturated carbocycles. The minimum Gasteiger partial charge on any atom is -0.497 e. The van der Waals surface area contributed by atoms with E-state index in [1.54, 1.807) is 7.11 Å². The number of nitrogens with two attached hydrogens (primary N) is 1. The number of hydrogen-bond donors (Lipinski definition) is 2. The molecule has 1 heterocycles. The number of anilines is 2. The van der Waals surface area contributed by atoms with Gasteiger partial charge < -0.3 is 20.5 Å². The molecule has 0 unspecified atom stereocenters. The monoisotopic (exact) mass is 222 g/mol. The summed E-state index contributed by atoms with van der Waals surface area (Å²) in [6.07, 6.45) is 1.48. The zero-order valence-electron chi connectivity index (χ0n) is 9.52. The Labute approximate surface area is 95.6 Å². The fourth-order valence-electron chi connectivity index (χ4n) is 2.03. The van der Waals surface area contributed by atoms with Gasteiger partial charge in [0.1, 0.15) is 5.75 Å². The number of hydrogen-bond acceptors (Lipinski definition) is 4. The highest BCUT2D eigenvalue weighted by atomic mass is 16.5. The number of nitrogen functional groups attached to an aromatic ring is 1. The summed E-state index contributed by atoms with van der Waals surface area (Å²) < 4.78 is 5.19. The molecule has 16 heavy (non-hydrogen) atoms. The molecule has 1 aliphatic rings. The third-order valence-corrected chi connectivity index (χ3v) is 2.98. The molecule has 4 heteroatoms. The summed E-state index contributed by atoms with van der Waals surface area (Å²) in [4.78, 5) is 2.23. The first kappa shape index (κ1) is 11.1. The summed E-state index contributed by atoms with van der Waals surface area (Å²) in [7, 11) is 1.64. The van der Waals surface area contributed by atoms with Gasteiger partial charge in [-0.3, -0.25) is 0 Å². The summed E-state index contributed by atoms with van der Waals surface area (Å²) in [6.45, 7) is 1.74. The van der Waals surface area contributed by atoms with Crippen molar-refractivity contribution in [2.24, 2.45) is 0 Å². The topological polar surface area (TPSA) is 58.7 Å². The first-order valence-corrected chi connectivity index (χ1v) is 5.56. The molecule has 4 nitrogen and oxygen atoms in total. The maximum absolute atomic E-state index is 9.45. The number of ether oxygens (including phenoxy) is 1. The van der Waals surface area contributed by atoms with E-state index in [9.17, 15) is 5.11 Å². The van der Waals surface area contributed by atoms with Gasteiger partial charge in [-0.15, -0.1) is 0 Å². The first-order valence-electron chi connectivity index (χ1n) is 5.56. The molecule has 0 atom stereocenters. The lowest BCUT2D eigenvalue weighted by molar-refractivity contribution is 0.145. The van der Waals surface area contributed by atoms with Gasteiger partial charge in [-0.25, -0.2) is 0 Å². The van der Waals surface area contributed by atoms with Crippen molar-refractivity contribution in [2.45, 2.75) is 18.9 Å². The Morgan fingerprint density at radius 2 is 2.00 bits per heavy atom. The molecule has 1 fully saturated rings. The van der Waals surface area contributed by atoms with E-state index in [0.29, 0.717) is 5.69 Å². The molecule has 0 aromatic heterocycles. The van der Waals surface area contributed by atoms with Crippen molar-refractivity contribution < 1.29 is 9.84 Å². The van der Waals surface area contributed by atoms with Crippen molar-refractivity contribution in [1.82, 2.24) is 0 Å². The predicted octanol–water partition coefficient (Wildman–Crippen LogP) is 1.24. The minimum absolute atomic E-state index is 0.154. The van der Waals surface area contributed by atoms with Crippen molar-refractivity contribution in [3.05, 3.63) is 18.2 Å². The van der Waals surface area contributed by atoms with Crippen molar-refractivity contribution in [1.29, 1.82) is 0 Å². The lowest BCUT2D eigenvalue weighted by Gasteiger charge is -2.31. The van der Waals surface area contributed by atoms with Gasteiger partial charge in [0.2, 0.25) is 0 Å². The van der Waals surface area contributed by atoms with Crippen LogP contribution in [-0.4, -0.2) is 31.4 Å². The molecule has 1 saturated heterocycles. The maximum Gasteiger partial charge on any atom is 0.122 e. The normalized spacial score (nSPS) is 17.5. The Hall–Kier alpha value is -1.42. The Morgan fingerprint density at radius 1 is 1.31 bits per heavy atom. The van der Waals surface area contributed by atoms with Crippen LogP contribution in [0, 0.1) is 0 Å². The lowest BCUT2D eigenvalue weighted by atomic mass is 10.1. The molecular formula is C12H18N2O2. The van der Waals surface area contributed by atoms with Crippen LogP contribution in [-0.2, 0) is 0 Å². The number of methoxy groups -OCH3 is 1. The van der Waals surface area contributed by atoms with Crippen LogP contribution in [0.3, 0.4) is 0 Å². The predicted molar refractivity (Wildman–Crippen MR) is 64.9 cm³/mol. The van der Waals surface area contributed by atoms with Gasteiger partial charge in [0, 0.05) is 36.6 Å². The number of piperidine rings is 1. The Bertz CT molecular complexity index is 360. The van der Waals surface area contributed by atoms with Crippen LogP contribution in [0.2, 0.25) is 0 Å². The smallest absolute Gasteiger partial charge is 0.122 e. The Kier molecular flexibility index (Phi) is 3.19. The highest BCUT2D eigenvalue weighted by molar-refractivity contribution is 5.60. The summed E-state index contributed by atoms with van der Waals surface area (Å²) in [5.41, 5.74) is 7.59. The van der Waals surface area contributed by atoms with Crippen molar-refractivity contribution in [3.8, 4) is 5.75 Å². The second kappa shape index (κ2) is 4.61. The molecule has 0 bridgehead atoms. The average Bonchev–Trinajstić information content (AvgIpc) is 2.29. The third kappa shape index (κ3) is 2.39. The summed E-state index contributed by atoms with van der Waals surface area (Å²) >= 11 is 0. The van der Waals surface area contributed by atoms with E-state index in [4.69, 9.17) is 10.5 Å². The molecule has 1 aliphatic heterocycles. The highest BCUT2D eigenvalue weighted by Gasteiger charge is 2.17. The second-order valence-electron chi connectivity index (χ2n) is 4.18. The molecule has 3 N–H and O–H groups in total. The number of benzene rings is 1. The van der Waals surface area contributed by atoms with Crippen LogP contribution in [0.25, 0.3) is 0 Å². The minimum atomic E-state index is -0.154. The zero-order chi connectivity index (χ0) is 11.5. The van der Waals surface area contributed by atoms with Crippen molar-refractivity contribution in [3.63, 3.8) is 0 Å². The summed E-state index contributed by atoms with van der Waals surface area (Å²) in [6, 6.07) is 5.73. The van der Waals surface area contributed by atoms with Gasteiger partial charge in [-0.1, -0.05) is 0 Å². The summed E-state index contributed by atoms with van der Waals surface area (Å²) in [5.74, 6) is 0.779. The van der Waals surface area contributed by atoms with Crippen LogP contribution < -0.4 is 15.4 Å². The molecule has 88 valence electrons. The Morgan fingerprint density at radius 3 is 2.62 bits per heavy atom. The van der Waals surface area contributed by atoms with Crippen molar-refractivity contribution in [2.75, 3.05) is 30.8 Å². The van der Waals surface area contributed by atoms with Crippen LogP contribution >= 0.6 is 0 Å². The highest BCUT2D eigenvalue weighted by Crippen LogP contribution is 2.27. The maximum atomic E-state index is 9.45. The molecule has 0 spiro atoms. The standard InChI is InChI=1S/C12H18N2O2/c1-16-12-7-9(13)6-10(8-12)14-4-2-11(15)3-5-14/h6-8,11,15H,2-5,13H2,1H3. The Balaban J connectivity index is 2.16. The average molecular weight is 222 g/mol. The molecule has 0 radical (unpaired) electrons. The molecular weight excluding hydrogens is 204 g/mol. The SMILES string of the molecule is COc1cc(N)cc(N2CCC(O)CC2)c1.